The van der Waals surface area contributed by atoms with Crippen molar-refractivity contribution >= 4 is 29.4 Å². The van der Waals surface area contributed by atoms with Crippen LogP contribution < -0.4 is 5.32 Å². The number of benzene rings is 3. The van der Waals surface area contributed by atoms with E-state index >= 15 is 0 Å². The average Bonchev–Trinajstić information content (AvgIpc) is 3.20. The van der Waals surface area contributed by atoms with Gasteiger partial charge in [-0.1, -0.05) is 74.5 Å². The van der Waals surface area contributed by atoms with Gasteiger partial charge in [0.05, 0.1) is 11.8 Å². The van der Waals surface area contributed by atoms with Crippen LogP contribution in [-0.4, -0.2) is 41.2 Å². The van der Waals surface area contributed by atoms with E-state index in [0.29, 0.717) is 5.69 Å². The second kappa shape index (κ2) is 9.73. The first-order valence-electron chi connectivity index (χ1n) is 13.8. The maximum absolute atomic E-state index is 14.1. The first-order chi connectivity index (χ1) is 19.2. The quantitative estimate of drug-likeness (QED) is 0.364. The molecule has 3 aromatic carbocycles. The van der Waals surface area contributed by atoms with Crippen LogP contribution in [0.25, 0.3) is 0 Å². The fraction of sp³-hybridized carbons (Fsp3) is 0.333. The second-order valence-corrected chi connectivity index (χ2v) is 11.5. The van der Waals surface area contributed by atoms with Crippen molar-refractivity contribution in [2.75, 3.05) is 11.9 Å². The third-order valence-electron chi connectivity index (χ3n) is 8.65. The van der Waals surface area contributed by atoms with Crippen molar-refractivity contribution in [2.24, 2.45) is 17.8 Å². The summed E-state index contributed by atoms with van der Waals surface area (Å²) in [4.78, 5) is 55.3. The number of nitrogens with one attached hydrogen (secondary N) is 1. The lowest BCUT2D eigenvalue weighted by Gasteiger charge is -2.45. The summed E-state index contributed by atoms with van der Waals surface area (Å²) in [6.07, 6.45) is 0. The van der Waals surface area contributed by atoms with Gasteiger partial charge in [-0.2, -0.15) is 0 Å². The number of amides is 3. The molecule has 7 heteroatoms. The van der Waals surface area contributed by atoms with Crippen molar-refractivity contribution in [3.8, 4) is 0 Å². The minimum atomic E-state index is -1.12. The molecular weight excluding hydrogens is 504 g/mol. The third kappa shape index (κ3) is 3.95. The number of rotatable bonds is 6. The zero-order chi connectivity index (χ0) is 28.3. The highest BCUT2D eigenvalue weighted by Crippen LogP contribution is 2.61. The number of esters is 1. The number of ether oxygens (including phenoxy) is 1. The Hall–Kier alpha value is -4.26. The van der Waals surface area contributed by atoms with Crippen LogP contribution in [0.3, 0.4) is 0 Å². The Morgan fingerprint density at radius 3 is 1.80 bits per heavy atom. The van der Waals surface area contributed by atoms with Crippen LogP contribution in [0.15, 0.2) is 66.7 Å². The highest BCUT2D eigenvalue weighted by molar-refractivity contribution is 6.10. The summed E-state index contributed by atoms with van der Waals surface area (Å²) in [5.41, 5.74) is 6.81. The number of aryl methyl sites for hydroxylation is 2. The molecule has 40 heavy (non-hydrogen) atoms. The van der Waals surface area contributed by atoms with Gasteiger partial charge in [-0.25, -0.2) is 4.79 Å². The van der Waals surface area contributed by atoms with Crippen LogP contribution in [0.2, 0.25) is 0 Å². The van der Waals surface area contributed by atoms with E-state index in [4.69, 9.17) is 4.74 Å². The number of nitrogens with zero attached hydrogens (tertiary/aromatic N) is 1. The van der Waals surface area contributed by atoms with Crippen LogP contribution in [-0.2, 0) is 23.9 Å². The summed E-state index contributed by atoms with van der Waals surface area (Å²) < 4.78 is 5.43. The summed E-state index contributed by atoms with van der Waals surface area (Å²) in [6, 6.07) is 20.6. The molecule has 1 fully saturated rings. The molecule has 0 aromatic heterocycles. The maximum Gasteiger partial charge on any atom is 0.330 e. The van der Waals surface area contributed by atoms with Gasteiger partial charge < -0.3 is 10.1 Å². The smallest absolute Gasteiger partial charge is 0.330 e. The molecule has 1 heterocycles. The van der Waals surface area contributed by atoms with Crippen LogP contribution in [0.1, 0.15) is 59.1 Å². The minimum absolute atomic E-state index is 0.254. The molecule has 1 saturated heterocycles. The molecule has 3 aliphatic carbocycles. The molecule has 3 atom stereocenters. The van der Waals surface area contributed by atoms with Gasteiger partial charge in [0.15, 0.2) is 6.61 Å². The van der Waals surface area contributed by atoms with Crippen LogP contribution >= 0.6 is 0 Å². The van der Waals surface area contributed by atoms with Crippen LogP contribution in [0.4, 0.5) is 5.69 Å². The Balaban J connectivity index is 1.26. The molecule has 0 spiro atoms. The van der Waals surface area contributed by atoms with Crippen molar-refractivity contribution in [2.45, 2.75) is 45.6 Å². The fourth-order valence-electron chi connectivity index (χ4n) is 6.93. The van der Waals surface area contributed by atoms with Crippen molar-refractivity contribution < 1.29 is 23.9 Å². The molecule has 7 rings (SSSR count). The molecule has 1 N–H and O–H groups in total. The predicted molar refractivity (Wildman–Crippen MR) is 150 cm³/mol. The summed E-state index contributed by atoms with van der Waals surface area (Å²) >= 11 is 0. The molecular formula is C33H32N2O5. The number of carbonyl (C=O) groups excluding carboxylic acids is 4. The SMILES string of the molecule is Cc1ccc(C)c(NC(=O)COC(=O)[C@H](C(C)C)N2C(=O)[C@@H]3C4c5ccccc5C(c5ccccc54)[C@@H]3C2=O)c1. The van der Waals surface area contributed by atoms with E-state index in [2.05, 4.69) is 5.32 Å². The largest absolute Gasteiger partial charge is 0.454 e. The van der Waals surface area contributed by atoms with Gasteiger partial charge in [0.1, 0.15) is 6.04 Å². The topological polar surface area (TPSA) is 92.8 Å². The van der Waals surface area contributed by atoms with E-state index in [1.165, 1.54) is 0 Å². The Morgan fingerprint density at radius 1 is 0.825 bits per heavy atom. The first kappa shape index (κ1) is 26.0. The minimum Gasteiger partial charge on any atom is -0.454 e. The number of imide groups is 1. The average molecular weight is 537 g/mol. The van der Waals surface area contributed by atoms with Gasteiger partial charge in [0.2, 0.25) is 11.8 Å². The van der Waals surface area contributed by atoms with E-state index in [1.54, 1.807) is 13.8 Å². The predicted octanol–water partition coefficient (Wildman–Crippen LogP) is 4.70. The first-order valence-corrected chi connectivity index (χ1v) is 13.8. The molecule has 2 bridgehead atoms. The highest BCUT2D eigenvalue weighted by Gasteiger charge is 2.63. The Labute approximate surface area is 233 Å². The highest BCUT2D eigenvalue weighted by atomic mass is 16.5. The number of anilines is 1. The molecule has 3 amide bonds. The van der Waals surface area contributed by atoms with Gasteiger partial charge in [0.25, 0.3) is 5.91 Å². The molecule has 0 saturated carbocycles. The van der Waals surface area contributed by atoms with Gasteiger partial charge >= 0.3 is 5.97 Å². The number of carbonyl (C=O) groups is 4. The molecule has 3 aromatic rings. The summed E-state index contributed by atoms with van der Waals surface area (Å²) in [5, 5.41) is 2.78. The van der Waals surface area contributed by atoms with E-state index in [9.17, 15) is 19.2 Å². The Morgan fingerprint density at radius 2 is 1.32 bits per heavy atom. The van der Waals surface area contributed by atoms with E-state index < -0.39 is 42.3 Å². The van der Waals surface area contributed by atoms with E-state index in [1.807, 2.05) is 80.6 Å². The van der Waals surface area contributed by atoms with E-state index in [0.717, 1.165) is 38.3 Å². The van der Waals surface area contributed by atoms with Crippen molar-refractivity contribution in [3.05, 3.63) is 100 Å². The van der Waals surface area contributed by atoms with Crippen LogP contribution in [0.5, 0.6) is 0 Å². The standard InChI is InChI=1S/C33H32N2O5/c1-17(2)30(33(39)40-16-25(36)34-24-15-18(3)13-14-19(24)4)35-31(37)28-26-20-9-5-6-10-21(20)27(29(28)32(35)38)23-12-8-7-11-22(23)26/h5-15,17,26-30H,16H2,1-4H3,(H,34,36)/t26?,27?,28-,29+,30-/m0/s1. The maximum atomic E-state index is 14.1. The lowest BCUT2D eigenvalue weighted by Crippen LogP contribution is -2.49. The van der Waals surface area contributed by atoms with Gasteiger partial charge in [0, 0.05) is 17.5 Å². The fourth-order valence-corrected chi connectivity index (χ4v) is 6.93. The summed E-state index contributed by atoms with van der Waals surface area (Å²) in [6.45, 7) is 6.85. The summed E-state index contributed by atoms with van der Waals surface area (Å²) in [5.74, 6) is -3.99. The third-order valence-corrected chi connectivity index (χ3v) is 8.65. The monoisotopic (exact) mass is 536 g/mol. The zero-order valence-electron chi connectivity index (χ0n) is 23.0. The van der Waals surface area contributed by atoms with E-state index in [-0.39, 0.29) is 23.7 Å². The molecule has 0 radical (unpaired) electrons. The number of hydrogen-bond donors (Lipinski definition) is 1. The molecule has 7 nitrogen and oxygen atoms in total. The van der Waals surface area contributed by atoms with Crippen molar-refractivity contribution in [3.63, 3.8) is 0 Å². The lowest BCUT2D eigenvalue weighted by molar-refractivity contribution is -0.162. The molecule has 204 valence electrons. The lowest BCUT2D eigenvalue weighted by atomic mass is 9.55. The van der Waals surface area contributed by atoms with Crippen LogP contribution in [0, 0.1) is 31.6 Å². The zero-order valence-corrected chi connectivity index (χ0v) is 23.0. The van der Waals surface area contributed by atoms with Gasteiger partial charge in [-0.3, -0.25) is 19.3 Å². The van der Waals surface area contributed by atoms with Gasteiger partial charge in [-0.05, 0) is 59.2 Å². The molecule has 0 unspecified atom stereocenters. The van der Waals surface area contributed by atoms with Crippen molar-refractivity contribution in [1.29, 1.82) is 0 Å². The van der Waals surface area contributed by atoms with Crippen molar-refractivity contribution in [1.82, 2.24) is 4.90 Å². The number of hydrogen-bond acceptors (Lipinski definition) is 5. The Bertz CT molecular complexity index is 1440. The second-order valence-electron chi connectivity index (χ2n) is 11.5. The summed E-state index contributed by atoms with van der Waals surface area (Å²) in [7, 11) is 0. The molecule has 4 aliphatic rings. The Kier molecular flexibility index (Phi) is 6.32. The normalized spacial score (nSPS) is 23.0. The molecule has 1 aliphatic heterocycles. The number of likely N-dealkylation sites (tertiary alicyclic amines) is 1. The van der Waals surface area contributed by atoms with Gasteiger partial charge in [-0.15, -0.1) is 0 Å².